The maximum atomic E-state index is 4.18. The first kappa shape index (κ1) is 44.5. The Bertz CT molecular complexity index is 2290. The van der Waals surface area contributed by atoms with E-state index in [-0.39, 0.29) is 0 Å². The van der Waals surface area contributed by atoms with E-state index in [0.29, 0.717) is 0 Å². The molecular weight excluding hydrogens is 697 g/mol. The summed E-state index contributed by atoms with van der Waals surface area (Å²) in [6, 6.07) is 43.0. The summed E-state index contributed by atoms with van der Waals surface area (Å²) in [7, 11) is 0. The van der Waals surface area contributed by atoms with Crippen LogP contribution < -0.4 is 0 Å². The first-order chi connectivity index (χ1) is 28.3. The van der Waals surface area contributed by atoms with Crippen LogP contribution in [0.1, 0.15) is 85.5 Å². The minimum absolute atomic E-state index is 0.956. The van der Waals surface area contributed by atoms with Crippen molar-refractivity contribution in [3.05, 3.63) is 257 Å². The molecule has 0 unspecified atom stereocenters. The quantitative estimate of drug-likeness (QED) is 0.109. The molecule has 5 aromatic carbocycles. The van der Waals surface area contributed by atoms with E-state index in [2.05, 4.69) is 210 Å². The van der Waals surface area contributed by atoms with Gasteiger partial charge in [0.25, 0.3) is 0 Å². The van der Waals surface area contributed by atoms with Crippen molar-refractivity contribution >= 4 is 16.7 Å². The van der Waals surface area contributed by atoms with Gasteiger partial charge >= 0.3 is 0 Å². The Balaban J connectivity index is 0.000000193. The maximum absolute atomic E-state index is 4.18. The number of benzene rings is 5. The van der Waals surface area contributed by atoms with Gasteiger partial charge in [-0.1, -0.05) is 218 Å². The third-order valence-corrected chi connectivity index (χ3v) is 10.0. The molecule has 0 saturated heterocycles. The number of hydrogen-bond donors (Lipinski definition) is 0. The Labute approximate surface area is 351 Å². The molecule has 0 amide bonds. The monoisotopic (exact) mass is 758 g/mol. The third kappa shape index (κ3) is 14.1. The molecule has 0 aliphatic heterocycles. The summed E-state index contributed by atoms with van der Waals surface area (Å²) in [4.78, 5) is 0. The molecule has 0 fully saturated rings. The predicted molar refractivity (Wildman–Crippen MR) is 259 cm³/mol. The number of fused-ring (bicyclic) bond motifs is 3. The summed E-state index contributed by atoms with van der Waals surface area (Å²) in [6.45, 7) is 18.7. The van der Waals surface area contributed by atoms with Gasteiger partial charge in [-0.3, -0.25) is 0 Å². The van der Waals surface area contributed by atoms with Crippen molar-refractivity contribution < 1.29 is 0 Å². The Morgan fingerprint density at radius 3 is 1.88 bits per heavy atom. The summed E-state index contributed by atoms with van der Waals surface area (Å²) >= 11 is 0. The van der Waals surface area contributed by atoms with Crippen LogP contribution in [0.4, 0.5) is 0 Å². The smallest absolute Gasteiger partial charge is 0.00106 e. The van der Waals surface area contributed by atoms with Gasteiger partial charge in [0.05, 0.1) is 0 Å². The lowest BCUT2D eigenvalue weighted by molar-refractivity contribution is 1.15. The zero-order chi connectivity index (χ0) is 41.5. The fourth-order valence-electron chi connectivity index (χ4n) is 6.61. The van der Waals surface area contributed by atoms with Crippen molar-refractivity contribution in [3.8, 4) is 11.1 Å². The highest BCUT2D eigenvalue weighted by molar-refractivity contribution is 5.86. The van der Waals surface area contributed by atoms with Gasteiger partial charge < -0.3 is 0 Å². The molecule has 0 bridgehead atoms. The molecule has 0 aromatic heterocycles. The summed E-state index contributed by atoms with van der Waals surface area (Å²) < 4.78 is 0. The number of allylic oxidation sites excluding steroid dienone is 17. The topological polar surface area (TPSA) is 0 Å². The second kappa shape index (κ2) is 24.4. The van der Waals surface area contributed by atoms with Crippen molar-refractivity contribution in [2.24, 2.45) is 0 Å². The molecular formula is C58H62. The van der Waals surface area contributed by atoms with Crippen molar-refractivity contribution in [1.82, 2.24) is 0 Å². The lowest BCUT2D eigenvalue weighted by Gasteiger charge is -2.06. The van der Waals surface area contributed by atoms with Gasteiger partial charge in [-0.15, -0.1) is 0 Å². The zero-order valence-corrected chi connectivity index (χ0v) is 35.9. The fraction of sp³-hybridized carbons (Fsp3) is 0.172. The van der Waals surface area contributed by atoms with Gasteiger partial charge in [0.1, 0.15) is 0 Å². The second-order valence-corrected chi connectivity index (χ2v) is 14.5. The summed E-state index contributed by atoms with van der Waals surface area (Å²) in [5.41, 5.74) is 18.4. The Morgan fingerprint density at radius 1 is 0.586 bits per heavy atom. The van der Waals surface area contributed by atoms with Crippen LogP contribution in [-0.4, -0.2) is 0 Å². The first-order valence-electron chi connectivity index (χ1n) is 20.6. The predicted octanol–water partition coefficient (Wildman–Crippen LogP) is 16.5. The van der Waals surface area contributed by atoms with Crippen LogP contribution >= 0.6 is 0 Å². The zero-order valence-electron chi connectivity index (χ0n) is 35.9. The van der Waals surface area contributed by atoms with Gasteiger partial charge in [-0.25, -0.2) is 0 Å². The average molecular weight is 759 g/mol. The van der Waals surface area contributed by atoms with Crippen molar-refractivity contribution in [3.63, 3.8) is 0 Å². The highest BCUT2D eigenvalue weighted by atomic mass is 14.2. The normalized spacial score (nSPS) is 12.8. The van der Waals surface area contributed by atoms with Crippen LogP contribution in [0.25, 0.3) is 27.8 Å². The number of hydrogen-bond acceptors (Lipinski definition) is 0. The SMILES string of the molecule is C/C=C(C)\C=C/Cc1cccc2c1Cc1ccccc1-2.C/C=C\C=C/C/C(=C\C=C/C)c1ccc(C)cc1.C=C(/C=C(\C=C/C)c1ccc(C)cc1)c1ccccc1. The van der Waals surface area contributed by atoms with Crippen LogP contribution in [0.15, 0.2) is 212 Å². The highest BCUT2D eigenvalue weighted by Crippen LogP contribution is 2.38. The van der Waals surface area contributed by atoms with E-state index in [9.17, 15) is 0 Å². The average Bonchev–Trinajstić information content (AvgIpc) is 3.64. The molecule has 0 nitrogen and oxygen atoms in total. The molecule has 1 aliphatic rings. The molecule has 0 saturated carbocycles. The maximum Gasteiger partial charge on any atom is -0.00106 e. The number of aryl methyl sites for hydroxylation is 2. The molecule has 294 valence electrons. The van der Waals surface area contributed by atoms with Gasteiger partial charge in [0.2, 0.25) is 0 Å². The standard InChI is InChI=1S/2C20H20.C18H22/c1-3-15(2)8-6-10-16-11-7-13-19-18-12-5-4-9-17(18)14-20(16)19;1-4-8-20(19-13-11-16(2)12-14-19)15-17(3)18-9-6-5-7-10-18;1-4-6-8-9-11-17(10-7-5-2)18-14-12-16(3)13-15-18/h3-9,11-13H,10,14H2,1-2H3;4-15H,3H2,1-2H3;4-10,12-15H,11H2,1-3H3/b8-6-,15-3-;8-4-,20-15+;6-4-,7-5-,9-8-,17-10+. The van der Waals surface area contributed by atoms with Crippen molar-refractivity contribution in [1.29, 1.82) is 0 Å². The summed E-state index contributed by atoms with van der Waals surface area (Å²) in [5, 5.41) is 0. The van der Waals surface area contributed by atoms with E-state index in [1.807, 2.05) is 45.0 Å². The van der Waals surface area contributed by atoms with Gasteiger partial charge in [0.15, 0.2) is 0 Å². The molecule has 0 N–H and O–H groups in total. The Kier molecular flexibility index (Phi) is 18.7. The van der Waals surface area contributed by atoms with Crippen LogP contribution in [0.2, 0.25) is 0 Å². The summed E-state index contributed by atoms with van der Waals surface area (Å²) in [6.07, 6.45) is 30.7. The van der Waals surface area contributed by atoms with Gasteiger partial charge in [0, 0.05) is 0 Å². The van der Waals surface area contributed by atoms with Gasteiger partial charge in [-0.2, -0.15) is 0 Å². The van der Waals surface area contributed by atoms with Crippen LogP contribution in [0.3, 0.4) is 0 Å². The fourth-order valence-corrected chi connectivity index (χ4v) is 6.61. The van der Waals surface area contributed by atoms with Crippen LogP contribution in [0.5, 0.6) is 0 Å². The van der Waals surface area contributed by atoms with Crippen LogP contribution in [-0.2, 0) is 12.8 Å². The molecule has 0 atom stereocenters. The minimum Gasteiger partial charge on any atom is -0.0911 e. The van der Waals surface area contributed by atoms with E-state index in [1.165, 1.54) is 66.8 Å². The molecule has 0 heteroatoms. The molecule has 58 heavy (non-hydrogen) atoms. The molecule has 1 aliphatic carbocycles. The molecule has 5 aromatic rings. The molecule has 6 rings (SSSR count). The minimum atomic E-state index is 0.956. The van der Waals surface area contributed by atoms with E-state index >= 15 is 0 Å². The van der Waals surface area contributed by atoms with E-state index < -0.39 is 0 Å². The van der Waals surface area contributed by atoms with Crippen LogP contribution in [0, 0.1) is 13.8 Å². The second-order valence-electron chi connectivity index (χ2n) is 14.5. The highest BCUT2D eigenvalue weighted by Gasteiger charge is 2.19. The largest absolute Gasteiger partial charge is 0.0911 e. The lowest BCUT2D eigenvalue weighted by Crippen LogP contribution is -1.91. The van der Waals surface area contributed by atoms with Crippen molar-refractivity contribution in [2.75, 3.05) is 0 Å². The molecule has 0 spiro atoms. The summed E-state index contributed by atoms with van der Waals surface area (Å²) in [5.74, 6) is 0. The van der Waals surface area contributed by atoms with Gasteiger partial charge in [-0.05, 0) is 135 Å². The molecule has 0 radical (unpaired) electrons. The number of rotatable bonds is 12. The third-order valence-electron chi connectivity index (χ3n) is 10.0. The van der Waals surface area contributed by atoms with E-state index in [0.717, 1.165) is 30.4 Å². The Hall–Kier alpha value is -6.24. The molecule has 0 heterocycles. The lowest BCUT2D eigenvalue weighted by atomic mass is 9.99. The van der Waals surface area contributed by atoms with E-state index in [4.69, 9.17) is 0 Å². The Morgan fingerprint density at radius 2 is 1.22 bits per heavy atom. The van der Waals surface area contributed by atoms with Crippen molar-refractivity contribution in [2.45, 2.75) is 67.7 Å². The van der Waals surface area contributed by atoms with E-state index in [1.54, 1.807) is 0 Å². The first-order valence-corrected chi connectivity index (χ1v) is 20.6.